The van der Waals surface area contributed by atoms with Gasteiger partial charge in [-0.1, -0.05) is 11.6 Å². The van der Waals surface area contributed by atoms with Gasteiger partial charge in [-0.2, -0.15) is 5.10 Å². The van der Waals surface area contributed by atoms with Crippen LogP contribution in [0.25, 0.3) is 0 Å². The van der Waals surface area contributed by atoms with E-state index >= 15 is 0 Å². The van der Waals surface area contributed by atoms with Gasteiger partial charge in [-0.3, -0.25) is 4.68 Å². The molecule has 21 heavy (non-hydrogen) atoms. The lowest BCUT2D eigenvalue weighted by molar-refractivity contribution is 0.252. The lowest BCUT2D eigenvalue weighted by Gasteiger charge is -2.09. The first-order chi connectivity index (χ1) is 10.1. The molecule has 0 saturated heterocycles. The minimum Gasteiger partial charge on any atom is -0.495 e. The Morgan fingerprint density at radius 2 is 2.29 bits per heavy atom. The monoisotopic (exact) mass is 309 g/mol. The number of nitrogens with one attached hydrogen (secondary N) is 2. The summed E-state index contributed by atoms with van der Waals surface area (Å²) in [5, 5.41) is 9.83. The number of aryl methyl sites for hydroxylation is 1. The SMILES string of the molecule is COc1ccc(NC(=O)NCCc2ncnn2C)cc1Cl. The van der Waals surface area contributed by atoms with E-state index in [1.807, 2.05) is 7.05 Å². The maximum Gasteiger partial charge on any atom is 0.319 e. The highest BCUT2D eigenvalue weighted by Gasteiger charge is 2.06. The minimum absolute atomic E-state index is 0.307. The summed E-state index contributed by atoms with van der Waals surface area (Å²) in [5.41, 5.74) is 0.594. The first kappa shape index (κ1) is 15.1. The van der Waals surface area contributed by atoms with E-state index in [-0.39, 0.29) is 6.03 Å². The van der Waals surface area contributed by atoms with Crippen molar-refractivity contribution in [1.82, 2.24) is 20.1 Å². The molecule has 0 aliphatic rings. The van der Waals surface area contributed by atoms with Gasteiger partial charge in [0.05, 0.1) is 12.1 Å². The van der Waals surface area contributed by atoms with Crippen molar-refractivity contribution in [2.75, 3.05) is 19.0 Å². The van der Waals surface area contributed by atoms with Gasteiger partial charge in [0.1, 0.15) is 17.9 Å². The molecule has 8 heteroatoms. The standard InChI is InChI=1S/C13H16ClN5O2/c1-19-12(16-8-17-19)5-6-15-13(20)18-9-3-4-11(21-2)10(14)7-9/h3-4,7-8H,5-6H2,1-2H3,(H2,15,18,20). The Morgan fingerprint density at radius 1 is 1.48 bits per heavy atom. The number of rotatable bonds is 5. The smallest absolute Gasteiger partial charge is 0.319 e. The molecule has 0 radical (unpaired) electrons. The maximum atomic E-state index is 11.8. The van der Waals surface area contributed by atoms with E-state index in [0.29, 0.717) is 29.4 Å². The van der Waals surface area contributed by atoms with Crippen LogP contribution in [-0.2, 0) is 13.5 Å². The molecule has 0 atom stereocenters. The van der Waals surface area contributed by atoms with Crippen LogP contribution in [-0.4, -0.2) is 34.5 Å². The average molecular weight is 310 g/mol. The summed E-state index contributed by atoms with van der Waals surface area (Å²) in [6, 6.07) is 4.73. The lowest BCUT2D eigenvalue weighted by Crippen LogP contribution is -2.30. The van der Waals surface area contributed by atoms with E-state index in [0.717, 1.165) is 5.82 Å². The second-order valence-electron chi connectivity index (χ2n) is 4.28. The predicted octanol–water partition coefficient (Wildman–Crippen LogP) is 1.84. The molecule has 0 bridgehead atoms. The van der Waals surface area contributed by atoms with Crippen LogP contribution in [0.4, 0.5) is 10.5 Å². The molecule has 7 nitrogen and oxygen atoms in total. The number of benzene rings is 1. The van der Waals surface area contributed by atoms with Gasteiger partial charge in [0.15, 0.2) is 0 Å². The molecule has 1 aromatic carbocycles. The Balaban J connectivity index is 1.82. The number of hydrogen-bond donors (Lipinski definition) is 2. The van der Waals surface area contributed by atoms with Gasteiger partial charge in [-0.15, -0.1) is 0 Å². The summed E-state index contributed by atoms with van der Waals surface area (Å²) in [6.07, 6.45) is 2.09. The van der Waals surface area contributed by atoms with Crippen molar-refractivity contribution in [3.05, 3.63) is 35.4 Å². The molecule has 0 aliphatic heterocycles. The molecular weight excluding hydrogens is 294 g/mol. The summed E-state index contributed by atoms with van der Waals surface area (Å²) in [6.45, 7) is 0.461. The number of anilines is 1. The third kappa shape index (κ3) is 4.09. The molecule has 0 aliphatic carbocycles. The van der Waals surface area contributed by atoms with Crippen LogP contribution in [0, 0.1) is 0 Å². The summed E-state index contributed by atoms with van der Waals surface area (Å²) >= 11 is 5.99. The van der Waals surface area contributed by atoms with Gasteiger partial charge in [-0.05, 0) is 18.2 Å². The zero-order valence-electron chi connectivity index (χ0n) is 11.8. The maximum absolute atomic E-state index is 11.8. The third-order valence-corrected chi connectivity index (χ3v) is 3.14. The summed E-state index contributed by atoms with van der Waals surface area (Å²) in [5.74, 6) is 1.37. The van der Waals surface area contributed by atoms with E-state index in [2.05, 4.69) is 20.7 Å². The first-order valence-corrected chi connectivity index (χ1v) is 6.69. The topological polar surface area (TPSA) is 81.1 Å². The largest absolute Gasteiger partial charge is 0.495 e. The molecule has 0 unspecified atom stereocenters. The van der Waals surface area contributed by atoms with Crippen LogP contribution in [0.1, 0.15) is 5.82 Å². The van der Waals surface area contributed by atoms with Crippen LogP contribution in [0.5, 0.6) is 5.75 Å². The highest BCUT2D eigenvalue weighted by molar-refractivity contribution is 6.32. The molecule has 0 saturated carbocycles. The third-order valence-electron chi connectivity index (χ3n) is 2.85. The quantitative estimate of drug-likeness (QED) is 0.883. The second-order valence-corrected chi connectivity index (χ2v) is 4.69. The number of amides is 2. The Labute approximate surface area is 127 Å². The van der Waals surface area contributed by atoms with Crippen molar-refractivity contribution in [3.63, 3.8) is 0 Å². The first-order valence-electron chi connectivity index (χ1n) is 6.31. The van der Waals surface area contributed by atoms with Gasteiger partial charge in [-0.25, -0.2) is 9.78 Å². The zero-order valence-corrected chi connectivity index (χ0v) is 12.5. The number of aromatic nitrogens is 3. The highest BCUT2D eigenvalue weighted by atomic mass is 35.5. The molecule has 112 valence electrons. The lowest BCUT2D eigenvalue weighted by atomic mass is 10.3. The molecule has 2 amide bonds. The van der Waals surface area contributed by atoms with E-state index in [9.17, 15) is 4.79 Å². The fourth-order valence-corrected chi connectivity index (χ4v) is 2.01. The van der Waals surface area contributed by atoms with Gasteiger partial charge >= 0.3 is 6.03 Å². The molecule has 1 heterocycles. The van der Waals surface area contributed by atoms with E-state index < -0.39 is 0 Å². The van der Waals surface area contributed by atoms with Gasteiger partial charge in [0.2, 0.25) is 0 Å². The number of halogens is 1. The van der Waals surface area contributed by atoms with Crippen molar-refractivity contribution in [2.45, 2.75) is 6.42 Å². The summed E-state index contributed by atoms with van der Waals surface area (Å²) in [7, 11) is 3.34. The molecule has 0 spiro atoms. The molecule has 2 aromatic rings. The van der Waals surface area contributed by atoms with Crippen LogP contribution in [0.2, 0.25) is 5.02 Å². The fourth-order valence-electron chi connectivity index (χ4n) is 1.75. The van der Waals surface area contributed by atoms with Crippen LogP contribution < -0.4 is 15.4 Å². The predicted molar refractivity (Wildman–Crippen MR) is 79.7 cm³/mol. The van der Waals surface area contributed by atoms with Crippen LogP contribution in [0.15, 0.2) is 24.5 Å². The average Bonchev–Trinajstić information content (AvgIpc) is 2.85. The summed E-state index contributed by atoms with van der Waals surface area (Å²) in [4.78, 5) is 15.8. The van der Waals surface area contributed by atoms with Gasteiger partial charge < -0.3 is 15.4 Å². The van der Waals surface area contributed by atoms with Crippen molar-refractivity contribution in [1.29, 1.82) is 0 Å². The highest BCUT2D eigenvalue weighted by Crippen LogP contribution is 2.27. The Kier molecular flexibility index (Phi) is 4.99. The minimum atomic E-state index is -0.307. The van der Waals surface area contributed by atoms with Crippen molar-refractivity contribution >= 4 is 23.3 Å². The number of nitrogens with zero attached hydrogens (tertiary/aromatic N) is 3. The number of methoxy groups -OCH3 is 1. The molecular formula is C13H16ClN5O2. The van der Waals surface area contributed by atoms with Crippen molar-refractivity contribution in [3.8, 4) is 5.75 Å². The van der Waals surface area contributed by atoms with Crippen molar-refractivity contribution in [2.24, 2.45) is 7.05 Å². The Morgan fingerprint density at radius 3 is 2.90 bits per heavy atom. The molecule has 0 fully saturated rings. The van der Waals surface area contributed by atoms with Gasteiger partial charge in [0.25, 0.3) is 0 Å². The Hall–Kier alpha value is -2.28. The molecule has 1 aromatic heterocycles. The molecule has 2 rings (SSSR count). The van der Waals surface area contributed by atoms with E-state index in [1.54, 1.807) is 22.9 Å². The number of hydrogen-bond acceptors (Lipinski definition) is 4. The van der Waals surface area contributed by atoms with Crippen LogP contribution >= 0.6 is 11.6 Å². The second kappa shape index (κ2) is 6.94. The number of urea groups is 1. The number of carbonyl (C=O) groups is 1. The van der Waals surface area contributed by atoms with E-state index in [1.165, 1.54) is 13.4 Å². The van der Waals surface area contributed by atoms with E-state index in [4.69, 9.17) is 16.3 Å². The normalized spacial score (nSPS) is 10.2. The van der Waals surface area contributed by atoms with Crippen molar-refractivity contribution < 1.29 is 9.53 Å². The Bertz CT molecular complexity index is 629. The number of ether oxygens (including phenoxy) is 1. The number of carbonyl (C=O) groups excluding carboxylic acids is 1. The zero-order chi connectivity index (χ0) is 15.2. The van der Waals surface area contributed by atoms with Gasteiger partial charge in [0, 0.05) is 25.7 Å². The molecule has 2 N–H and O–H groups in total. The van der Waals surface area contributed by atoms with Crippen LogP contribution in [0.3, 0.4) is 0 Å². The fraction of sp³-hybridized carbons (Fsp3) is 0.308. The summed E-state index contributed by atoms with van der Waals surface area (Å²) < 4.78 is 6.72.